The molecule has 2 heterocycles. The molecule has 1 aromatic heterocycles. The van der Waals surface area contributed by atoms with Crippen LogP contribution in [-0.4, -0.2) is 29.5 Å². The number of hydrogen-bond acceptors (Lipinski definition) is 5. The van der Waals surface area contributed by atoms with E-state index < -0.39 is 17.3 Å². The molecule has 1 fully saturated rings. The molecule has 1 aliphatic rings. The number of amides is 1. The molecule has 0 unspecified atom stereocenters. The van der Waals surface area contributed by atoms with Gasteiger partial charge in [-0.1, -0.05) is 0 Å². The third-order valence-corrected chi connectivity index (χ3v) is 5.30. The largest absolute Gasteiger partial charge is 0.487 e. The number of rotatable bonds is 6. The molecule has 1 saturated heterocycles. The van der Waals surface area contributed by atoms with Crippen LogP contribution in [0.1, 0.15) is 28.8 Å². The minimum absolute atomic E-state index is 0.155. The molecule has 3 aromatic rings. The number of alkyl halides is 3. The van der Waals surface area contributed by atoms with Crippen molar-refractivity contribution < 1.29 is 22.7 Å². The fourth-order valence-corrected chi connectivity index (χ4v) is 3.82. The van der Waals surface area contributed by atoms with Gasteiger partial charge < -0.3 is 15.0 Å². The highest BCUT2D eigenvalue weighted by Crippen LogP contribution is 2.33. The highest BCUT2D eigenvalue weighted by molar-refractivity contribution is 6.20. The van der Waals surface area contributed by atoms with Crippen molar-refractivity contribution in [3.63, 3.8) is 0 Å². The van der Waals surface area contributed by atoms with Crippen molar-refractivity contribution in [3.8, 4) is 22.9 Å². The average Bonchev–Trinajstić information content (AvgIpc) is 3.33. The van der Waals surface area contributed by atoms with Gasteiger partial charge >= 0.3 is 5.57 Å². The first-order chi connectivity index (χ1) is 16.2. The van der Waals surface area contributed by atoms with E-state index in [1.807, 2.05) is 6.07 Å². The van der Waals surface area contributed by atoms with Crippen LogP contribution in [0.15, 0.2) is 54.7 Å². The molecule has 2 aromatic carbocycles. The Kier molecular flexibility index (Phi) is 6.61. The molecular weight excluding hydrogens is 469 g/mol. The summed E-state index contributed by atoms with van der Waals surface area (Å²) in [4.78, 5) is 19.4. The second-order valence-corrected chi connectivity index (χ2v) is 8.10. The molecule has 0 saturated carbocycles. The molecule has 4 rings (SSSR count). The van der Waals surface area contributed by atoms with Crippen LogP contribution in [0.25, 0.3) is 11.1 Å². The van der Waals surface area contributed by atoms with Crippen LogP contribution >= 0.6 is 11.6 Å². The summed E-state index contributed by atoms with van der Waals surface area (Å²) in [7, 11) is 0. The van der Waals surface area contributed by atoms with Gasteiger partial charge in [0.1, 0.15) is 17.4 Å². The fraction of sp³-hybridized carbons (Fsp3) is 0.208. The van der Waals surface area contributed by atoms with E-state index in [2.05, 4.69) is 19.9 Å². The van der Waals surface area contributed by atoms with Crippen molar-refractivity contribution in [1.82, 2.24) is 4.98 Å². The Balaban J connectivity index is 1.64. The number of pyridine rings is 1. The van der Waals surface area contributed by atoms with Crippen LogP contribution in [0.5, 0.6) is 5.75 Å². The fourth-order valence-electron chi connectivity index (χ4n) is 3.73. The van der Waals surface area contributed by atoms with Crippen molar-refractivity contribution in [2.24, 2.45) is 0 Å². The van der Waals surface area contributed by atoms with E-state index in [-0.39, 0.29) is 16.9 Å². The highest BCUT2D eigenvalue weighted by Gasteiger charge is 2.27. The van der Waals surface area contributed by atoms with E-state index in [4.69, 9.17) is 11.6 Å². The van der Waals surface area contributed by atoms with Crippen LogP contribution in [0.4, 0.5) is 24.7 Å². The Morgan fingerprint density at radius 3 is 2.50 bits per heavy atom. The molecular formula is C24H18ClF3N4O2. The lowest BCUT2D eigenvalue weighted by atomic mass is 10.0. The number of benzene rings is 2. The standard InChI is InChI=1S/C24H18ClF3N4O2/c25-24(27,28)34-20-5-3-19(4-6-20)31-23(33)17-12-21(16-9-15(13-29)10-18(26)11-16)22(30-14-17)32-7-1-2-8-32/h3-6,9-12,14H,1-2,7-8H2,(H,31,33). The number of ether oxygens (including phenoxy) is 1. The lowest BCUT2D eigenvalue weighted by molar-refractivity contribution is -0.0964. The first kappa shape index (κ1) is 23.4. The Labute approximate surface area is 198 Å². The molecule has 174 valence electrons. The third kappa shape index (κ3) is 5.58. The first-order valence-corrected chi connectivity index (χ1v) is 10.7. The lowest BCUT2D eigenvalue weighted by Gasteiger charge is -2.21. The summed E-state index contributed by atoms with van der Waals surface area (Å²) >= 11 is 4.75. The van der Waals surface area contributed by atoms with E-state index in [0.717, 1.165) is 32.0 Å². The summed E-state index contributed by atoms with van der Waals surface area (Å²) in [6, 6.07) is 12.8. The van der Waals surface area contributed by atoms with E-state index in [0.29, 0.717) is 22.6 Å². The number of hydrogen-bond donors (Lipinski definition) is 1. The monoisotopic (exact) mass is 486 g/mol. The molecule has 1 aliphatic heterocycles. The first-order valence-electron chi connectivity index (χ1n) is 10.3. The van der Waals surface area contributed by atoms with Crippen molar-refractivity contribution >= 4 is 29.0 Å². The summed E-state index contributed by atoms with van der Waals surface area (Å²) in [5, 5.41) is 11.9. The van der Waals surface area contributed by atoms with Gasteiger partial charge in [0.05, 0.1) is 17.2 Å². The number of halogens is 4. The maximum atomic E-state index is 14.2. The van der Waals surface area contributed by atoms with Crippen LogP contribution in [0.2, 0.25) is 0 Å². The van der Waals surface area contributed by atoms with Crippen LogP contribution in [-0.2, 0) is 0 Å². The Morgan fingerprint density at radius 1 is 1.15 bits per heavy atom. The molecule has 0 spiro atoms. The van der Waals surface area contributed by atoms with Gasteiger partial charge in [0.15, 0.2) is 0 Å². The van der Waals surface area contributed by atoms with E-state index in [1.54, 1.807) is 12.1 Å². The number of nitriles is 1. The number of anilines is 2. The molecule has 1 N–H and O–H groups in total. The number of nitrogens with zero attached hydrogens (tertiary/aromatic N) is 3. The second-order valence-electron chi connectivity index (χ2n) is 7.66. The van der Waals surface area contributed by atoms with Gasteiger partial charge in [0, 0.05) is 42.1 Å². The number of carbonyl (C=O) groups excluding carboxylic acids is 1. The van der Waals surface area contributed by atoms with Crippen molar-refractivity contribution in [1.29, 1.82) is 5.26 Å². The molecule has 0 aliphatic carbocycles. The summed E-state index contributed by atoms with van der Waals surface area (Å²) in [6.45, 7) is 1.56. The summed E-state index contributed by atoms with van der Waals surface area (Å²) in [5.41, 5.74) is -2.19. The van der Waals surface area contributed by atoms with Gasteiger partial charge in [-0.3, -0.25) is 4.79 Å². The van der Waals surface area contributed by atoms with Gasteiger partial charge in [-0.2, -0.15) is 5.26 Å². The molecule has 34 heavy (non-hydrogen) atoms. The van der Waals surface area contributed by atoms with Crippen LogP contribution in [0, 0.1) is 17.1 Å². The zero-order valence-electron chi connectivity index (χ0n) is 17.7. The lowest BCUT2D eigenvalue weighted by Crippen LogP contribution is -2.21. The zero-order valence-corrected chi connectivity index (χ0v) is 18.5. The maximum Gasteiger partial charge on any atom is 0.487 e. The molecule has 1 amide bonds. The Morgan fingerprint density at radius 2 is 1.85 bits per heavy atom. The molecule has 0 bridgehead atoms. The normalized spacial score (nSPS) is 13.4. The topological polar surface area (TPSA) is 78.2 Å². The zero-order chi connectivity index (χ0) is 24.3. The number of aromatic nitrogens is 1. The van der Waals surface area contributed by atoms with Crippen LogP contribution in [0.3, 0.4) is 0 Å². The van der Waals surface area contributed by atoms with Gasteiger partial charge in [-0.05, 0) is 66.9 Å². The van der Waals surface area contributed by atoms with Crippen molar-refractivity contribution in [2.45, 2.75) is 18.4 Å². The van der Waals surface area contributed by atoms with E-state index in [9.17, 15) is 23.2 Å². The Bertz CT molecular complexity index is 1250. The van der Waals surface area contributed by atoms with Gasteiger partial charge in [-0.25, -0.2) is 9.37 Å². The molecule has 0 atom stereocenters. The third-order valence-electron chi connectivity index (χ3n) is 5.22. The smallest absolute Gasteiger partial charge is 0.420 e. The van der Waals surface area contributed by atoms with Crippen molar-refractivity contribution in [3.05, 3.63) is 71.7 Å². The van der Waals surface area contributed by atoms with E-state index in [1.165, 1.54) is 36.5 Å². The predicted molar refractivity (Wildman–Crippen MR) is 122 cm³/mol. The summed E-state index contributed by atoms with van der Waals surface area (Å²) < 4.78 is 43.9. The van der Waals surface area contributed by atoms with Gasteiger partial charge in [0.2, 0.25) is 0 Å². The SMILES string of the molecule is N#Cc1cc(F)cc(-c2cc(C(=O)Nc3ccc(OC(F)(F)Cl)cc3)cnc2N2CCCC2)c1. The molecule has 6 nitrogen and oxygen atoms in total. The predicted octanol–water partition coefficient (Wildman–Crippen LogP) is 5.78. The minimum atomic E-state index is -3.84. The second kappa shape index (κ2) is 9.61. The summed E-state index contributed by atoms with van der Waals surface area (Å²) in [5.74, 6) is -0.639. The minimum Gasteiger partial charge on any atom is -0.420 e. The highest BCUT2D eigenvalue weighted by atomic mass is 35.5. The average molecular weight is 487 g/mol. The van der Waals surface area contributed by atoms with Crippen LogP contribution < -0.4 is 15.0 Å². The molecule has 10 heteroatoms. The maximum absolute atomic E-state index is 14.2. The number of carbonyl (C=O) groups is 1. The number of nitrogens with one attached hydrogen (secondary N) is 1. The summed E-state index contributed by atoms with van der Waals surface area (Å²) in [6.07, 6.45) is 3.40. The quantitative estimate of drug-likeness (QED) is 0.447. The van der Waals surface area contributed by atoms with Crippen molar-refractivity contribution in [2.75, 3.05) is 23.3 Å². The van der Waals surface area contributed by atoms with E-state index >= 15 is 0 Å². The van der Waals surface area contributed by atoms with Gasteiger partial charge in [0.25, 0.3) is 5.91 Å². The Hall–Kier alpha value is -3.77. The molecule has 0 radical (unpaired) electrons. The van der Waals surface area contributed by atoms with Gasteiger partial charge in [-0.15, -0.1) is 8.78 Å².